The summed E-state index contributed by atoms with van der Waals surface area (Å²) in [5, 5.41) is 0. The Kier molecular flexibility index (Phi) is 5.46. The van der Waals surface area contributed by atoms with Crippen LogP contribution in [0.3, 0.4) is 0 Å². The Morgan fingerprint density at radius 2 is 1.43 bits per heavy atom. The van der Waals surface area contributed by atoms with Crippen LogP contribution in [0.5, 0.6) is 17.2 Å². The lowest BCUT2D eigenvalue weighted by molar-refractivity contribution is 0.413. The van der Waals surface area contributed by atoms with Gasteiger partial charge in [-0.25, -0.2) is 8.42 Å². The predicted octanol–water partition coefficient (Wildman–Crippen LogP) is 4.20. The van der Waals surface area contributed by atoms with Gasteiger partial charge in [-0.2, -0.15) is 0 Å². The van der Waals surface area contributed by atoms with Crippen molar-refractivity contribution in [1.29, 1.82) is 0 Å². The zero-order chi connectivity index (χ0) is 20.3. The van der Waals surface area contributed by atoms with E-state index in [1.54, 1.807) is 73.8 Å². The first-order chi connectivity index (χ1) is 13.3. The van der Waals surface area contributed by atoms with Gasteiger partial charge in [0.15, 0.2) is 0 Å². The van der Waals surface area contributed by atoms with E-state index in [0.29, 0.717) is 28.6 Å². The molecule has 0 aliphatic carbocycles. The Labute approximate surface area is 165 Å². The molecule has 0 fully saturated rings. The van der Waals surface area contributed by atoms with Gasteiger partial charge in [0, 0.05) is 13.1 Å². The second kappa shape index (κ2) is 7.82. The smallest absolute Gasteiger partial charge is 0.264 e. The summed E-state index contributed by atoms with van der Waals surface area (Å²) < 4.78 is 38.0. The largest absolute Gasteiger partial charge is 0.497 e. The van der Waals surface area contributed by atoms with Gasteiger partial charge < -0.3 is 15.2 Å². The average molecular weight is 398 g/mol. The maximum atomic E-state index is 13.0. The molecule has 2 N–H and O–H groups in total. The van der Waals surface area contributed by atoms with Gasteiger partial charge in [0.1, 0.15) is 17.2 Å². The summed E-state index contributed by atoms with van der Waals surface area (Å²) in [6.45, 7) is 1.90. The molecule has 3 aromatic rings. The summed E-state index contributed by atoms with van der Waals surface area (Å²) in [6.07, 6.45) is 0. The Hall–Kier alpha value is -3.19. The quantitative estimate of drug-likeness (QED) is 0.629. The number of aryl methyl sites for hydroxylation is 1. The van der Waals surface area contributed by atoms with Crippen molar-refractivity contribution in [3.63, 3.8) is 0 Å². The van der Waals surface area contributed by atoms with Gasteiger partial charge in [-0.05, 0) is 55.5 Å². The van der Waals surface area contributed by atoms with E-state index in [9.17, 15) is 8.42 Å². The average Bonchev–Trinajstić information content (AvgIpc) is 2.70. The highest BCUT2D eigenvalue weighted by Crippen LogP contribution is 2.33. The Morgan fingerprint density at radius 1 is 0.857 bits per heavy atom. The minimum absolute atomic E-state index is 0.196. The Morgan fingerprint density at radius 3 is 2.04 bits per heavy atom. The number of rotatable bonds is 6. The third-order valence-electron chi connectivity index (χ3n) is 4.32. The maximum absolute atomic E-state index is 13.0. The molecule has 0 unspecified atom stereocenters. The molecule has 0 aromatic heterocycles. The number of nitrogens with zero attached hydrogens (tertiary/aromatic N) is 1. The fourth-order valence-electron chi connectivity index (χ4n) is 2.64. The van der Waals surface area contributed by atoms with Gasteiger partial charge in [-0.1, -0.05) is 17.7 Å². The van der Waals surface area contributed by atoms with Crippen molar-refractivity contribution in [2.24, 2.45) is 0 Å². The van der Waals surface area contributed by atoms with Crippen molar-refractivity contribution in [3.8, 4) is 17.2 Å². The van der Waals surface area contributed by atoms with E-state index in [-0.39, 0.29) is 4.90 Å². The van der Waals surface area contributed by atoms with Gasteiger partial charge in [0.25, 0.3) is 10.0 Å². The number of nitrogens with two attached hydrogens (primary N) is 1. The molecule has 0 spiro atoms. The van der Waals surface area contributed by atoms with Crippen LogP contribution in [0.25, 0.3) is 0 Å². The molecule has 0 saturated carbocycles. The van der Waals surface area contributed by atoms with E-state index in [0.717, 1.165) is 9.87 Å². The fraction of sp³-hybridized carbons (Fsp3) is 0.143. The molecule has 0 aliphatic heterocycles. The summed E-state index contributed by atoms with van der Waals surface area (Å²) >= 11 is 0. The SMILES string of the molecule is COc1ccc(Oc2ccc(N)c(N(C)S(=O)(=O)c3ccc(C)cc3)c2)cc1. The van der Waals surface area contributed by atoms with E-state index < -0.39 is 10.0 Å². The van der Waals surface area contributed by atoms with Crippen LogP contribution in [-0.4, -0.2) is 22.6 Å². The summed E-state index contributed by atoms with van der Waals surface area (Å²) in [5.41, 5.74) is 7.70. The fourth-order valence-corrected chi connectivity index (χ4v) is 3.85. The number of hydrogen-bond acceptors (Lipinski definition) is 5. The lowest BCUT2D eigenvalue weighted by atomic mass is 10.2. The Bertz CT molecular complexity index is 1060. The van der Waals surface area contributed by atoms with Gasteiger partial charge in [-0.15, -0.1) is 0 Å². The van der Waals surface area contributed by atoms with E-state index >= 15 is 0 Å². The summed E-state index contributed by atoms with van der Waals surface area (Å²) in [5.74, 6) is 1.79. The van der Waals surface area contributed by atoms with Crippen molar-refractivity contribution in [3.05, 3.63) is 72.3 Å². The second-order valence-corrected chi connectivity index (χ2v) is 8.25. The molecule has 0 amide bonds. The van der Waals surface area contributed by atoms with Crippen molar-refractivity contribution in [2.75, 3.05) is 24.2 Å². The van der Waals surface area contributed by atoms with E-state index in [4.69, 9.17) is 15.2 Å². The molecular weight excluding hydrogens is 376 g/mol. The zero-order valence-corrected chi connectivity index (χ0v) is 16.7. The number of nitrogen functional groups attached to an aromatic ring is 1. The molecule has 146 valence electrons. The third-order valence-corrected chi connectivity index (χ3v) is 6.10. The van der Waals surface area contributed by atoms with Crippen LogP contribution < -0.4 is 19.5 Å². The van der Waals surface area contributed by atoms with E-state index in [1.807, 2.05) is 6.92 Å². The topological polar surface area (TPSA) is 81.9 Å². The first kappa shape index (κ1) is 19.6. The van der Waals surface area contributed by atoms with Gasteiger partial charge in [0.05, 0.1) is 23.4 Å². The monoisotopic (exact) mass is 398 g/mol. The molecule has 0 aliphatic rings. The zero-order valence-electron chi connectivity index (χ0n) is 15.9. The van der Waals surface area contributed by atoms with Crippen LogP contribution in [0.4, 0.5) is 11.4 Å². The predicted molar refractivity (Wildman–Crippen MR) is 111 cm³/mol. The summed E-state index contributed by atoms with van der Waals surface area (Å²) in [4.78, 5) is 0.196. The standard InChI is InChI=1S/C21H22N2O4S/c1-15-4-11-19(12-5-15)28(24,25)23(2)21-14-18(10-13-20(21)22)27-17-8-6-16(26-3)7-9-17/h4-14H,22H2,1-3H3. The molecule has 6 nitrogen and oxygen atoms in total. The van der Waals surface area contributed by atoms with Crippen molar-refractivity contribution < 1.29 is 17.9 Å². The molecule has 0 saturated heterocycles. The minimum Gasteiger partial charge on any atom is -0.497 e. The molecule has 0 bridgehead atoms. The second-order valence-electron chi connectivity index (χ2n) is 6.28. The maximum Gasteiger partial charge on any atom is 0.264 e. The van der Waals surface area contributed by atoms with Crippen LogP contribution in [0.1, 0.15) is 5.56 Å². The number of hydrogen-bond donors (Lipinski definition) is 1. The normalized spacial score (nSPS) is 11.1. The van der Waals surface area contributed by atoms with Crippen LogP contribution in [-0.2, 0) is 10.0 Å². The molecule has 7 heteroatoms. The number of methoxy groups -OCH3 is 1. The lowest BCUT2D eigenvalue weighted by Crippen LogP contribution is -2.27. The van der Waals surface area contributed by atoms with Crippen LogP contribution in [0, 0.1) is 6.92 Å². The third kappa shape index (κ3) is 4.04. The lowest BCUT2D eigenvalue weighted by Gasteiger charge is -2.22. The first-order valence-corrected chi connectivity index (χ1v) is 10.0. The molecule has 0 atom stereocenters. The molecule has 3 rings (SSSR count). The highest BCUT2D eigenvalue weighted by Gasteiger charge is 2.23. The molecule has 0 radical (unpaired) electrons. The highest BCUT2D eigenvalue weighted by atomic mass is 32.2. The molecule has 28 heavy (non-hydrogen) atoms. The first-order valence-electron chi connectivity index (χ1n) is 8.58. The number of benzene rings is 3. The number of sulfonamides is 1. The number of ether oxygens (including phenoxy) is 2. The molecular formula is C21H22N2O4S. The highest BCUT2D eigenvalue weighted by molar-refractivity contribution is 7.92. The van der Waals surface area contributed by atoms with Crippen molar-refractivity contribution in [2.45, 2.75) is 11.8 Å². The van der Waals surface area contributed by atoms with Crippen LogP contribution in [0.15, 0.2) is 71.6 Å². The summed E-state index contributed by atoms with van der Waals surface area (Å²) in [7, 11) is -0.689. The van der Waals surface area contributed by atoms with E-state index in [2.05, 4.69) is 0 Å². The summed E-state index contributed by atoms with van der Waals surface area (Å²) in [6, 6.07) is 18.7. The molecule has 3 aromatic carbocycles. The van der Waals surface area contributed by atoms with Gasteiger partial charge in [-0.3, -0.25) is 4.31 Å². The molecule has 0 heterocycles. The van der Waals surface area contributed by atoms with Gasteiger partial charge in [0.2, 0.25) is 0 Å². The van der Waals surface area contributed by atoms with Crippen LogP contribution in [0.2, 0.25) is 0 Å². The Balaban J connectivity index is 1.90. The van der Waals surface area contributed by atoms with E-state index in [1.165, 1.54) is 7.05 Å². The van der Waals surface area contributed by atoms with Gasteiger partial charge >= 0.3 is 0 Å². The minimum atomic E-state index is -3.75. The van der Waals surface area contributed by atoms with Crippen LogP contribution >= 0.6 is 0 Å². The number of anilines is 2. The van der Waals surface area contributed by atoms with Crippen molar-refractivity contribution >= 4 is 21.4 Å². The van der Waals surface area contributed by atoms with Crippen molar-refractivity contribution in [1.82, 2.24) is 0 Å².